The molecule has 1 aromatic carbocycles. The maximum atomic E-state index is 11.9. The van der Waals surface area contributed by atoms with Crippen LogP contribution in [0.25, 0.3) is 10.9 Å². The third-order valence-electron chi connectivity index (χ3n) is 2.58. The number of benzene rings is 1. The summed E-state index contributed by atoms with van der Waals surface area (Å²) in [6, 6.07) is 6.20. The predicted octanol–water partition coefficient (Wildman–Crippen LogP) is 1.16. The number of rotatable bonds is 2. The number of anilines is 1. The van der Waals surface area contributed by atoms with E-state index in [9.17, 15) is 9.59 Å². The zero-order chi connectivity index (χ0) is 13.2. The van der Waals surface area contributed by atoms with Crippen LogP contribution < -0.4 is 10.9 Å². The first-order chi connectivity index (χ1) is 9.24. The molecule has 2 aromatic heterocycles. The Kier molecular flexibility index (Phi) is 2.57. The maximum absolute atomic E-state index is 11.9. The highest BCUT2D eigenvalue weighted by Gasteiger charge is 2.09. The second kappa shape index (κ2) is 4.37. The highest BCUT2D eigenvalue weighted by Crippen LogP contribution is 2.11. The molecule has 0 saturated heterocycles. The number of carbonyl (C=O) groups excluding carboxylic acids is 1. The van der Waals surface area contributed by atoms with E-state index in [0.29, 0.717) is 22.3 Å². The molecule has 7 nitrogen and oxygen atoms in total. The van der Waals surface area contributed by atoms with E-state index < -0.39 is 0 Å². The van der Waals surface area contributed by atoms with Crippen LogP contribution in [0.1, 0.15) is 10.4 Å². The Bertz CT molecular complexity index is 792. The number of aromatic amines is 1. The molecule has 0 spiro atoms. The summed E-state index contributed by atoms with van der Waals surface area (Å²) >= 11 is 0. The fraction of sp³-hybridized carbons (Fsp3) is 0. The van der Waals surface area contributed by atoms with Gasteiger partial charge in [0.05, 0.1) is 17.2 Å². The average Bonchev–Trinajstić information content (AvgIpc) is 2.92. The van der Waals surface area contributed by atoms with Crippen molar-refractivity contribution in [1.82, 2.24) is 15.1 Å². The minimum Gasteiger partial charge on any atom is -0.363 e. The first-order valence-electron chi connectivity index (χ1n) is 5.43. The van der Waals surface area contributed by atoms with Crippen LogP contribution in [0.4, 0.5) is 5.82 Å². The van der Waals surface area contributed by atoms with Crippen LogP contribution in [0, 0.1) is 0 Å². The molecule has 0 aliphatic rings. The van der Waals surface area contributed by atoms with Crippen LogP contribution in [0.5, 0.6) is 0 Å². The molecular weight excluding hydrogens is 248 g/mol. The van der Waals surface area contributed by atoms with Crippen LogP contribution in [0.2, 0.25) is 0 Å². The van der Waals surface area contributed by atoms with Gasteiger partial charge < -0.3 is 14.8 Å². The molecule has 2 N–H and O–H groups in total. The van der Waals surface area contributed by atoms with Crippen molar-refractivity contribution >= 4 is 22.6 Å². The van der Waals surface area contributed by atoms with Gasteiger partial charge in [0.2, 0.25) is 0 Å². The lowest BCUT2D eigenvalue weighted by Gasteiger charge is -2.02. The van der Waals surface area contributed by atoms with Crippen LogP contribution >= 0.6 is 0 Å². The van der Waals surface area contributed by atoms with Gasteiger partial charge >= 0.3 is 0 Å². The fourth-order valence-electron chi connectivity index (χ4n) is 1.68. The number of carbonyl (C=O) groups is 1. The first-order valence-corrected chi connectivity index (χ1v) is 5.43. The monoisotopic (exact) mass is 256 g/mol. The van der Waals surface area contributed by atoms with Gasteiger partial charge in [0.1, 0.15) is 6.26 Å². The van der Waals surface area contributed by atoms with Crippen LogP contribution in [-0.2, 0) is 0 Å². The summed E-state index contributed by atoms with van der Waals surface area (Å²) < 4.78 is 4.61. The quantitative estimate of drug-likeness (QED) is 0.716. The Morgan fingerprint density at radius 2 is 2.21 bits per heavy atom. The highest BCUT2D eigenvalue weighted by atomic mass is 16.5. The fourth-order valence-corrected chi connectivity index (χ4v) is 1.68. The second-order valence-electron chi connectivity index (χ2n) is 3.80. The van der Waals surface area contributed by atoms with E-state index in [1.807, 2.05) is 0 Å². The molecule has 3 rings (SSSR count). The Morgan fingerprint density at radius 3 is 3.00 bits per heavy atom. The number of nitrogens with zero attached hydrogens (tertiary/aromatic N) is 2. The number of nitrogens with one attached hydrogen (secondary N) is 2. The van der Waals surface area contributed by atoms with Gasteiger partial charge in [0, 0.05) is 11.6 Å². The van der Waals surface area contributed by atoms with Crippen molar-refractivity contribution in [2.24, 2.45) is 0 Å². The lowest BCUT2D eigenvalue weighted by Crippen LogP contribution is -2.13. The van der Waals surface area contributed by atoms with Gasteiger partial charge in [-0.15, -0.1) is 0 Å². The first kappa shape index (κ1) is 11.1. The van der Waals surface area contributed by atoms with E-state index in [-0.39, 0.29) is 11.5 Å². The number of hydrogen-bond donors (Lipinski definition) is 2. The van der Waals surface area contributed by atoms with Gasteiger partial charge in [-0.25, -0.2) is 4.98 Å². The Morgan fingerprint density at radius 1 is 1.32 bits per heavy atom. The molecule has 0 saturated carbocycles. The van der Waals surface area contributed by atoms with Crippen LogP contribution in [0.15, 0.2) is 46.2 Å². The number of H-pyrrole nitrogens is 1. The minimum absolute atomic E-state index is 0.291. The lowest BCUT2D eigenvalue weighted by atomic mass is 10.1. The molecule has 0 atom stereocenters. The van der Waals surface area contributed by atoms with Crippen molar-refractivity contribution in [3.05, 3.63) is 52.8 Å². The summed E-state index contributed by atoms with van der Waals surface area (Å²) in [6.45, 7) is 0. The molecule has 0 aliphatic heterocycles. The smallest absolute Gasteiger partial charge is 0.258 e. The molecule has 7 heteroatoms. The molecule has 3 aromatic rings. The van der Waals surface area contributed by atoms with E-state index in [4.69, 9.17) is 0 Å². The largest absolute Gasteiger partial charge is 0.363 e. The lowest BCUT2D eigenvalue weighted by molar-refractivity contribution is 0.102. The van der Waals surface area contributed by atoms with Gasteiger partial charge in [-0.05, 0) is 18.2 Å². The van der Waals surface area contributed by atoms with Gasteiger partial charge in [0.25, 0.3) is 11.5 Å². The van der Waals surface area contributed by atoms with Gasteiger partial charge in [0.15, 0.2) is 5.82 Å². The standard InChI is InChI=1S/C12H8N4O3/c17-11(15-10-3-4-19-16-10)7-1-2-9-8(5-7)12(18)14-6-13-9/h1-6H,(H,13,14,18)(H,15,16,17). The van der Waals surface area contributed by atoms with Gasteiger partial charge in [-0.3, -0.25) is 9.59 Å². The molecule has 0 radical (unpaired) electrons. The topological polar surface area (TPSA) is 101 Å². The molecular formula is C12H8N4O3. The zero-order valence-corrected chi connectivity index (χ0v) is 9.58. The Hall–Kier alpha value is -2.96. The van der Waals surface area contributed by atoms with Crippen LogP contribution in [-0.4, -0.2) is 21.0 Å². The minimum atomic E-state index is -0.376. The SMILES string of the molecule is O=C(Nc1ccon1)c1ccc2nc[nH]c(=O)c2c1. The average molecular weight is 256 g/mol. The number of fused-ring (bicyclic) bond motifs is 1. The molecule has 0 aliphatic carbocycles. The van der Waals surface area contributed by atoms with Gasteiger partial charge in [-0.2, -0.15) is 0 Å². The van der Waals surface area contributed by atoms with Gasteiger partial charge in [-0.1, -0.05) is 5.16 Å². The maximum Gasteiger partial charge on any atom is 0.258 e. The third-order valence-corrected chi connectivity index (χ3v) is 2.58. The van der Waals surface area contributed by atoms with E-state index in [0.717, 1.165) is 0 Å². The zero-order valence-electron chi connectivity index (χ0n) is 9.58. The molecule has 1 amide bonds. The summed E-state index contributed by atoms with van der Waals surface area (Å²) in [5.41, 5.74) is 0.580. The Balaban J connectivity index is 1.99. The van der Waals surface area contributed by atoms with Crippen molar-refractivity contribution in [1.29, 1.82) is 0 Å². The normalized spacial score (nSPS) is 10.5. The van der Waals surface area contributed by atoms with E-state index >= 15 is 0 Å². The molecule has 0 bridgehead atoms. The van der Waals surface area contributed by atoms with Crippen molar-refractivity contribution in [3.63, 3.8) is 0 Å². The third kappa shape index (κ3) is 2.08. The molecule has 0 fully saturated rings. The van der Waals surface area contributed by atoms with Crippen molar-refractivity contribution in [3.8, 4) is 0 Å². The summed E-state index contributed by atoms with van der Waals surface area (Å²) in [6.07, 6.45) is 2.67. The number of aromatic nitrogens is 3. The summed E-state index contributed by atoms with van der Waals surface area (Å²) in [5.74, 6) is -0.0655. The highest BCUT2D eigenvalue weighted by molar-refractivity contribution is 6.05. The molecule has 2 heterocycles. The summed E-state index contributed by atoms with van der Waals surface area (Å²) in [5, 5.41) is 6.48. The second-order valence-corrected chi connectivity index (χ2v) is 3.80. The Labute approximate surface area is 106 Å². The van der Waals surface area contributed by atoms with E-state index in [1.54, 1.807) is 12.1 Å². The van der Waals surface area contributed by atoms with E-state index in [2.05, 4.69) is 25.0 Å². The van der Waals surface area contributed by atoms with Crippen molar-refractivity contribution in [2.75, 3.05) is 5.32 Å². The number of hydrogen-bond acceptors (Lipinski definition) is 5. The molecule has 19 heavy (non-hydrogen) atoms. The van der Waals surface area contributed by atoms with E-state index in [1.165, 1.54) is 24.7 Å². The summed E-state index contributed by atoms with van der Waals surface area (Å²) in [7, 11) is 0. The number of amides is 1. The predicted molar refractivity (Wildman–Crippen MR) is 66.8 cm³/mol. The molecule has 0 unspecified atom stereocenters. The van der Waals surface area contributed by atoms with Crippen molar-refractivity contribution < 1.29 is 9.32 Å². The summed E-state index contributed by atoms with van der Waals surface area (Å²) in [4.78, 5) is 30.0. The molecule has 94 valence electrons. The van der Waals surface area contributed by atoms with Crippen molar-refractivity contribution in [2.45, 2.75) is 0 Å². The van der Waals surface area contributed by atoms with Crippen LogP contribution in [0.3, 0.4) is 0 Å².